The summed E-state index contributed by atoms with van der Waals surface area (Å²) in [6.07, 6.45) is 1.19. The number of sulfone groups is 1. The number of halogens is 1. The molecule has 0 aromatic heterocycles. The van der Waals surface area contributed by atoms with Crippen molar-refractivity contribution >= 4 is 9.84 Å². The Bertz CT molecular complexity index is 531. The molecule has 0 heterocycles. The van der Waals surface area contributed by atoms with E-state index in [-0.39, 0.29) is 24.2 Å². The fraction of sp³-hybridized carbons (Fsp3) is 0.538. The van der Waals surface area contributed by atoms with Crippen LogP contribution in [0.5, 0.6) is 0 Å². The van der Waals surface area contributed by atoms with Gasteiger partial charge in [-0.15, -0.1) is 0 Å². The van der Waals surface area contributed by atoms with Crippen molar-refractivity contribution < 1.29 is 12.8 Å². The third kappa shape index (κ3) is 4.89. The lowest BCUT2D eigenvalue weighted by Crippen LogP contribution is -2.34. The molecule has 0 fully saturated rings. The zero-order valence-corrected chi connectivity index (χ0v) is 12.4. The molecule has 0 aliphatic heterocycles. The van der Waals surface area contributed by atoms with Gasteiger partial charge in [0, 0.05) is 31.0 Å². The molecule has 0 amide bonds. The zero-order valence-electron chi connectivity index (χ0n) is 11.6. The first-order valence-corrected chi connectivity index (χ1v) is 8.14. The number of likely N-dealkylation sites (N-methyl/N-ethyl adjacent to an activating group) is 1. The Morgan fingerprint density at radius 1 is 1.42 bits per heavy atom. The van der Waals surface area contributed by atoms with Crippen LogP contribution in [0.15, 0.2) is 18.2 Å². The van der Waals surface area contributed by atoms with E-state index in [1.54, 1.807) is 24.1 Å². The number of rotatable bonds is 6. The average Bonchev–Trinajstić information content (AvgIpc) is 2.31. The van der Waals surface area contributed by atoms with Crippen molar-refractivity contribution in [2.24, 2.45) is 5.73 Å². The maximum absolute atomic E-state index is 13.8. The van der Waals surface area contributed by atoms with Gasteiger partial charge in [0.2, 0.25) is 0 Å². The molecule has 0 saturated heterocycles. The van der Waals surface area contributed by atoms with Gasteiger partial charge in [-0.25, -0.2) is 12.8 Å². The second-order valence-electron chi connectivity index (χ2n) is 4.89. The molecule has 1 unspecified atom stereocenters. The minimum atomic E-state index is -3.04. The molecule has 0 bridgehead atoms. The Labute approximate surface area is 114 Å². The van der Waals surface area contributed by atoms with Crippen LogP contribution in [-0.2, 0) is 9.84 Å². The summed E-state index contributed by atoms with van der Waals surface area (Å²) < 4.78 is 36.2. The topological polar surface area (TPSA) is 63.4 Å². The van der Waals surface area contributed by atoms with Crippen LogP contribution >= 0.6 is 0 Å². The summed E-state index contributed by atoms with van der Waals surface area (Å²) in [6.45, 7) is 2.45. The minimum Gasteiger partial charge on any atom is -0.329 e. The second-order valence-corrected chi connectivity index (χ2v) is 7.15. The van der Waals surface area contributed by atoms with E-state index >= 15 is 0 Å². The molecule has 1 rings (SSSR count). The van der Waals surface area contributed by atoms with Gasteiger partial charge >= 0.3 is 0 Å². The number of hydrogen-bond acceptors (Lipinski definition) is 4. The Hall–Kier alpha value is -0.980. The third-order valence-corrected chi connectivity index (χ3v) is 4.00. The van der Waals surface area contributed by atoms with E-state index < -0.39 is 9.84 Å². The molecule has 1 atom stereocenters. The van der Waals surface area contributed by atoms with E-state index in [0.717, 1.165) is 5.56 Å². The van der Waals surface area contributed by atoms with Crippen LogP contribution in [0, 0.1) is 12.7 Å². The second kappa shape index (κ2) is 6.45. The molecule has 19 heavy (non-hydrogen) atoms. The van der Waals surface area contributed by atoms with Crippen LogP contribution in [0.3, 0.4) is 0 Å². The van der Waals surface area contributed by atoms with Crippen molar-refractivity contribution in [1.29, 1.82) is 0 Å². The summed E-state index contributed by atoms with van der Waals surface area (Å²) >= 11 is 0. The van der Waals surface area contributed by atoms with Crippen molar-refractivity contribution in [3.05, 3.63) is 35.1 Å². The summed E-state index contributed by atoms with van der Waals surface area (Å²) in [7, 11) is -1.28. The summed E-state index contributed by atoms with van der Waals surface area (Å²) in [4.78, 5) is 1.78. The van der Waals surface area contributed by atoms with Crippen LogP contribution in [-0.4, -0.2) is 45.5 Å². The van der Waals surface area contributed by atoms with Gasteiger partial charge in [-0.05, 0) is 20.0 Å². The highest BCUT2D eigenvalue weighted by atomic mass is 32.2. The van der Waals surface area contributed by atoms with E-state index in [1.807, 2.05) is 6.92 Å². The fourth-order valence-electron chi connectivity index (χ4n) is 1.93. The lowest BCUT2D eigenvalue weighted by atomic mass is 10.0. The van der Waals surface area contributed by atoms with Gasteiger partial charge in [0.15, 0.2) is 0 Å². The third-order valence-electron chi connectivity index (χ3n) is 3.08. The average molecular weight is 288 g/mol. The molecule has 2 N–H and O–H groups in total. The number of nitrogens with zero attached hydrogens (tertiary/aromatic N) is 1. The predicted molar refractivity (Wildman–Crippen MR) is 75.3 cm³/mol. The van der Waals surface area contributed by atoms with Gasteiger partial charge in [-0.3, -0.25) is 4.90 Å². The van der Waals surface area contributed by atoms with Crippen molar-refractivity contribution in [3.63, 3.8) is 0 Å². The standard InChI is InChI=1S/C13H21FN2O2S/c1-10-4-5-12(14)11(8-10)13(9-15)16(2)6-7-19(3,17)18/h4-5,8,13H,6-7,9,15H2,1-3H3. The summed E-state index contributed by atoms with van der Waals surface area (Å²) in [5, 5.41) is 0. The smallest absolute Gasteiger partial charge is 0.148 e. The largest absolute Gasteiger partial charge is 0.329 e. The summed E-state index contributed by atoms with van der Waals surface area (Å²) in [5.74, 6) is -0.278. The molecule has 0 aliphatic carbocycles. The van der Waals surface area contributed by atoms with Crippen molar-refractivity contribution in [1.82, 2.24) is 4.90 Å². The number of benzene rings is 1. The zero-order chi connectivity index (χ0) is 14.6. The molecule has 108 valence electrons. The van der Waals surface area contributed by atoms with Gasteiger partial charge in [-0.1, -0.05) is 17.7 Å². The molecule has 0 saturated carbocycles. The van der Waals surface area contributed by atoms with Gasteiger partial charge < -0.3 is 5.73 Å². The fourth-order valence-corrected chi connectivity index (χ4v) is 2.55. The van der Waals surface area contributed by atoms with Gasteiger partial charge in [-0.2, -0.15) is 0 Å². The maximum Gasteiger partial charge on any atom is 0.148 e. The van der Waals surface area contributed by atoms with E-state index in [0.29, 0.717) is 12.1 Å². The number of hydrogen-bond donors (Lipinski definition) is 1. The molecule has 4 nitrogen and oxygen atoms in total. The van der Waals surface area contributed by atoms with E-state index in [2.05, 4.69) is 0 Å². The first-order valence-electron chi connectivity index (χ1n) is 6.08. The Kier molecular flexibility index (Phi) is 5.46. The normalized spacial score (nSPS) is 13.8. The van der Waals surface area contributed by atoms with Gasteiger partial charge in [0.25, 0.3) is 0 Å². The van der Waals surface area contributed by atoms with Crippen LogP contribution in [0.4, 0.5) is 4.39 Å². The first kappa shape index (κ1) is 16.1. The predicted octanol–water partition coefficient (Wildman–Crippen LogP) is 1.11. The quantitative estimate of drug-likeness (QED) is 0.852. The lowest BCUT2D eigenvalue weighted by Gasteiger charge is -2.27. The van der Waals surface area contributed by atoms with Gasteiger partial charge in [0.05, 0.1) is 5.75 Å². The highest BCUT2D eigenvalue weighted by molar-refractivity contribution is 7.90. The summed E-state index contributed by atoms with van der Waals surface area (Å²) in [5.41, 5.74) is 7.17. The Morgan fingerprint density at radius 3 is 2.58 bits per heavy atom. The van der Waals surface area contributed by atoms with Gasteiger partial charge in [0.1, 0.15) is 15.7 Å². The monoisotopic (exact) mass is 288 g/mol. The van der Waals surface area contributed by atoms with Crippen LogP contribution in [0.2, 0.25) is 0 Å². The van der Waals surface area contributed by atoms with E-state index in [1.165, 1.54) is 12.3 Å². The highest BCUT2D eigenvalue weighted by Crippen LogP contribution is 2.22. The van der Waals surface area contributed by atoms with Crippen LogP contribution in [0.1, 0.15) is 17.2 Å². The van der Waals surface area contributed by atoms with E-state index in [4.69, 9.17) is 5.73 Å². The first-order chi connectivity index (χ1) is 8.74. The molecule has 0 aliphatic rings. The number of aryl methyl sites for hydroxylation is 1. The summed E-state index contributed by atoms with van der Waals surface area (Å²) in [6, 6.07) is 4.55. The molecule has 0 spiro atoms. The molecule has 0 radical (unpaired) electrons. The minimum absolute atomic E-state index is 0.0352. The molecule has 6 heteroatoms. The Morgan fingerprint density at radius 2 is 2.05 bits per heavy atom. The van der Waals surface area contributed by atoms with Crippen LogP contribution < -0.4 is 5.73 Å². The number of nitrogens with two attached hydrogens (primary N) is 1. The highest BCUT2D eigenvalue weighted by Gasteiger charge is 2.20. The molecule has 1 aromatic rings. The molecular formula is C13H21FN2O2S. The van der Waals surface area contributed by atoms with Crippen molar-refractivity contribution in [2.75, 3.05) is 32.1 Å². The van der Waals surface area contributed by atoms with E-state index in [9.17, 15) is 12.8 Å². The van der Waals surface area contributed by atoms with Crippen LogP contribution in [0.25, 0.3) is 0 Å². The Balaban J connectivity index is 2.90. The molecular weight excluding hydrogens is 267 g/mol. The SMILES string of the molecule is Cc1ccc(F)c(C(CN)N(C)CCS(C)(=O)=O)c1. The maximum atomic E-state index is 13.8. The van der Waals surface area contributed by atoms with Crippen molar-refractivity contribution in [2.45, 2.75) is 13.0 Å². The van der Waals surface area contributed by atoms with Crippen molar-refractivity contribution in [3.8, 4) is 0 Å². The molecule has 1 aromatic carbocycles. The lowest BCUT2D eigenvalue weighted by molar-refractivity contribution is 0.258.